The molecule has 1 aromatic carbocycles. The quantitative estimate of drug-likeness (QED) is 0.773. The number of amides is 1. The Morgan fingerprint density at radius 3 is 2.65 bits per heavy atom. The number of hydrogen-bond acceptors (Lipinski definition) is 3. The minimum atomic E-state index is -0.504. The van der Waals surface area contributed by atoms with Crippen molar-refractivity contribution in [1.29, 1.82) is 0 Å². The smallest absolute Gasteiger partial charge is 0.251 e. The Balaban J connectivity index is 2.69. The molecule has 0 radical (unpaired) electrons. The summed E-state index contributed by atoms with van der Waals surface area (Å²) in [7, 11) is 3.84. The SMILES string of the molecule is CC(CN(C)C)NC(=O)c1cc(N)cc(F)c1. The van der Waals surface area contributed by atoms with Gasteiger partial charge in [0.05, 0.1) is 0 Å². The zero-order valence-corrected chi connectivity index (χ0v) is 10.3. The van der Waals surface area contributed by atoms with Crippen LogP contribution in [0.1, 0.15) is 17.3 Å². The lowest BCUT2D eigenvalue weighted by Crippen LogP contribution is -2.39. The maximum atomic E-state index is 13.1. The van der Waals surface area contributed by atoms with E-state index < -0.39 is 5.82 Å². The predicted molar refractivity (Wildman–Crippen MR) is 66.3 cm³/mol. The van der Waals surface area contributed by atoms with Crippen LogP contribution < -0.4 is 11.1 Å². The number of benzene rings is 1. The van der Waals surface area contributed by atoms with Crippen molar-refractivity contribution in [2.24, 2.45) is 0 Å². The Hall–Kier alpha value is -1.62. The van der Waals surface area contributed by atoms with Gasteiger partial charge in [-0.25, -0.2) is 4.39 Å². The first kappa shape index (κ1) is 13.4. The number of anilines is 1. The molecule has 1 atom stereocenters. The van der Waals surface area contributed by atoms with Crippen LogP contribution in [0.5, 0.6) is 0 Å². The summed E-state index contributed by atoms with van der Waals surface area (Å²) in [5, 5.41) is 2.78. The molecule has 0 spiro atoms. The first-order chi connectivity index (χ1) is 7.88. The molecule has 0 saturated carbocycles. The lowest BCUT2D eigenvalue weighted by molar-refractivity contribution is 0.0934. The molecule has 17 heavy (non-hydrogen) atoms. The van der Waals surface area contributed by atoms with Gasteiger partial charge in [-0.05, 0) is 39.2 Å². The second kappa shape index (κ2) is 5.63. The summed E-state index contributed by atoms with van der Waals surface area (Å²) in [6.45, 7) is 2.61. The molecule has 1 aromatic rings. The van der Waals surface area contributed by atoms with E-state index in [2.05, 4.69) is 5.32 Å². The van der Waals surface area contributed by atoms with Crippen molar-refractivity contribution in [3.05, 3.63) is 29.6 Å². The topological polar surface area (TPSA) is 58.4 Å². The second-order valence-corrected chi connectivity index (χ2v) is 4.41. The summed E-state index contributed by atoms with van der Waals surface area (Å²) < 4.78 is 13.1. The fraction of sp³-hybridized carbons (Fsp3) is 0.417. The van der Waals surface area contributed by atoms with Gasteiger partial charge in [0.1, 0.15) is 5.82 Å². The molecule has 0 bridgehead atoms. The second-order valence-electron chi connectivity index (χ2n) is 4.41. The van der Waals surface area contributed by atoms with E-state index in [1.165, 1.54) is 18.2 Å². The summed E-state index contributed by atoms with van der Waals surface area (Å²) in [5.41, 5.74) is 5.97. The Bertz CT molecular complexity index is 386. The Morgan fingerprint density at radius 2 is 2.12 bits per heavy atom. The van der Waals surface area contributed by atoms with Crippen LogP contribution in [-0.4, -0.2) is 37.5 Å². The van der Waals surface area contributed by atoms with Crippen molar-refractivity contribution in [2.75, 3.05) is 26.4 Å². The summed E-state index contributed by atoms with van der Waals surface area (Å²) in [5.74, 6) is -0.819. The number of hydrogen-bond donors (Lipinski definition) is 2. The highest BCUT2D eigenvalue weighted by molar-refractivity contribution is 5.95. The number of carbonyl (C=O) groups is 1. The summed E-state index contributed by atoms with van der Waals surface area (Å²) in [4.78, 5) is 13.8. The normalized spacial score (nSPS) is 12.5. The van der Waals surface area contributed by atoms with Gasteiger partial charge in [-0.1, -0.05) is 0 Å². The molecule has 1 amide bonds. The molecule has 0 aliphatic rings. The van der Waals surface area contributed by atoms with Crippen LogP contribution in [0.25, 0.3) is 0 Å². The van der Waals surface area contributed by atoms with Crippen LogP contribution in [-0.2, 0) is 0 Å². The van der Waals surface area contributed by atoms with Crippen LogP contribution in [0, 0.1) is 5.82 Å². The van der Waals surface area contributed by atoms with Gasteiger partial charge in [0, 0.05) is 23.8 Å². The third-order valence-electron chi connectivity index (χ3n) is 2.20. The van der Waals surface area contributed by atoms with E-state index in [9.17, 15) is 9.18 Å². The van der Waals surface area contributed by atoms with Gasteiger partial charge in [0.25, 0.3) is 5.91 Å². The molecule has 0 aliphatic heterocycles. The number of nitrogens with zero attached hydrogens (tertiary/aromatic N) is 1. The molecule has 0 saturated heterocycles. The van der Waals surface area contributed by atoms with E-state index in [4.69, 9.17) is 5.73 Å². The lowest BCUT2D eigenvalue weighted by atomic mass is 10.1. The number of halogens is 1. The zero-order valence-electron chi connectivity index (χ0n) is 10.3. The molecule has 3 N–H and O–H groups in total. The van der Waals surface area contributed by atoms with E-state index in [1.807, 2.05) is 25.9 Å². The summed E-state index contributed by atoms with van der Waals surface area (Å²) in [6.07, 6.45) is 0. The molecule has 4 nitrogen and oxygen atoms in total. The predicted octanol–water partition coefficient (Wildman–Crippen LogP) is 1.09. The van der Waals surface area contributed by atoms with Gasteiger partial charge in [-0.2, -0.15) is 0 Å². The molecular weight excluding hydrogens is 221 g/mol. The van der Waals surface area contributed by atoms with Crippen LogP contribution in [0.4, 0.5) is 10.1 Å². The number of likely N-dealkylation sites (N-methyl/N-ethyl adjacent to an activating group) is 1. The molecule has 0 heterocycles. The van der Waals surface area contributed by atoms with Gasteiger partial charge >= 0.3 is 0 Å². The maximum Gasteiger partial charge on any atom is 0.251 e. The Morgan fingerprint density at radius 1 is 1.47 bits per heavy atom. The van der Waals surface area contributed by atoms with Gasteiger partial charge < -0.3 is 16.0 Å². The molecule has 94 valence electrons. The minimum absolute atomic E-state index is 0.0120. The maximum absolute atomic E-state index is 13.1. The third kappa shape index (κ3) is 4.40. The minimum Gasteiger partial charge on any atom is -0.399 e. The van der Waals surface area contributed by atoms with Crippen molar-refractivity contribution in [3.8, 4) is 0 Å². The highest BCUT2D eigenvalue weighted by atomic mass is 19.1. The fourth-order valence-electron chi connectivity index (χ4n) is 1.64. The van der Waals surface area contributed by atoms with Crippen LogP contribution in [0.2, 0.25) is 0 Å². The monoisotopic (exact) mass is 239 g/mol. The van der Waals surface area contributed by atoms with Crippen molar-refractivity contribution in [2.45, 2.75) is 13.0 Å². The molecule has 0 fully saturated rings. The van der Waals surface area contributed by atoms with Crippen molar-refractivity contribution < 1.29 is 9.18 Å². The summed E-state index contributed by atoms with van der Waals surface area (Å²) in [6, 6.07) is 3.80. The average molecular weight is 239 g/mol. The highest BCUT2D eigenvalue weighted by Crippen LogP contribution is 2.10. The van der Waals surface area contributed by atoms with E-state index in [0.717, 1.165) is 6.54 Å². The lowest BCUT2D eigenvalue weighted by Gasteiger charge is -2.18. The third-order valence-corrected chi connectivity index (χ3v) is 2.20. The fourth-order valence-corrected chi connectivity index (χ4v) is 1.64. The zero-order chi connectivity index (χ0) is 13.0. The average Bonchev–Trinajstić information content (AvgIpc) is 2.14. The number of carbonyl (C=O) groups excluding carboxylic acids is 1. The number of nitrogens with two attached hydrogens (primary N) is 1. The van der Waals surface area contributed by atoms with E-state index >= 15 is 0 Å². The van der Waals surface area contributed by atoms with Gasteiger partial charge in [0.15, 0.2) is 0 Å². The van der Waals surface area contributed by atoms with Crippen LogP contribution in [0.15, 0.2) is 18.2 Å². The number of nitrogens with one attached hydrogen (secondary N) is 1. The van der Waals surface area contributed by atoms with E-state index in [1.54, 1.807) is 0 Å². The number of nitrogen functional groups attached to an aromatic ring is 1. The first-order valence-corrected chi connectivity index (χ1v) is 5.40. The molecule has 1 unspecified atom stereocenters. The van der Waals surface area contributed by atoms with E-state index in [-0.39, 0.29) is 23.2 Å². The molecule has 1 rings (SSSR count). The van der Waals surface area contributed by atoms with Gasteiger partial charge in [-0.15, -0.1) is 0 Å². The van der Waals surface area contributed by atoms with E-state index in [0.29, 0.717) is 0 Å². The molecule has 0 aliphatic carbocycles. The largest absolute Gasteiger partial charge is 0.399 e. The van der Waals surface area contributed by atoms with Crippen molar-refractivity contribution in [1.82, 2.24) is 10.2 Å². The van der Waals surface area contributed by atoms with Crippen LogP contribution in [0.3, 0.4) is 0 Å². The Kier molecular flexibility index (Phi) is 4.45. The number of rotatable bonds is 4. The standard InChI is InChI=1S/C12H18FN3O/c1-8(7-16(2)3)15-12(17)9-4-10(13)6-11(14)5-9/h4-6,8H,7,14H2,1-3H3,(H,15,17). The first-order valence-electron chi connectivity index (χ1n) is 5.40. The molecular formula is C12H18FN3O. The molecule has 5 heteroatoms. The van der Waals surface area contributed by atoms with Gasteiger partial charge in [-0.3, -0.25) is 4.79 Å². The Labute approximate surface area is 101 Å². The molecule has 0 aromatic heterocycles. The van der Waals surface area contributed by atoms with Crippen molar-refractivity contribution in [3.63, 3.8) is 0 Å². The summed E-state index contributed by atoms with van der Waals surface area (Å²) >= 11 is 0. The highest BCUT2D eigenvalue weighted by Gasteiger charge is 2.11. The van der Waals surface area contributed by atoms with Crippen molar-refractivity contribution >= 4 is 11.6 Å². The van der Waals surface area contributed by atoms with Gasteiger partial charge in [0.2, 0.25) is 0 Å². The van der Waals surface area contributed by atoms with Crippen LogP contribution >= 0.6 is 0 Å².